The van der Waals surface area contributed by atoms with Gasteiger partial charge in [-0.15, -0.1) is 11.8 Å². The number of amides is 3. The molecule has 2 aromatic heterocycles. The third-order valence-electron chi connectivity index (χ3n) is 6.20. The van der Waals surface area contributed by atoms with Crippen molar-refractivity contribution in [2.45, 2.75) is 35.6 Å². The second kappa shape index (κ2) is 14.5. The predicted octanol–water partition coefficient (Wildman–Crippen LogP) is 3.77. The normalized spacial score (nSPS) is 14.6. The number of hydrogen-bond acceptors (Lipinski definition) is 6. The summed E-state index contributed by atoms with van der Waals surface area (Å²) in [4.78, 5) is 48.9. The molecule has 1 saturated heterocycles. The summed E-state index contributed by atoms with van der Waals surface area (Å²) in [5, 5.41) is 7.44. The fourth-order valence-electron chi connectivity index (χ4n) is 4.11. The minimum Gasteiger partial charge on any atom is -0.345 e. The Morgan fingerprint density at radius 1 is 1.00 bits per heavy atom. The van der Waals surface area contributed by atoms with Gasteiger partial charge in [-0.3, -0.25) is 19.4 Å². The van der Waals surface area contributed by atoms with Crippen LogP contribution in [-0.2, 0) is 20.8 Å². The van der Waals surface area contributed by atoms with Crippen molar-refractivity contribution >= 4 is 47.2 Å². The molecule has 0 radical (unpaired) electrons. The molecule has 3 aromatic rings. The molecule has 1 aliphatic rings. The van der Waals surface area contributed by atoms with Crippen LogP contribution in [0.15, 0.2) is 84.2 Å². The smallest absolute Gasteiger partial charge is 0.244 e. The number of hydrogen-bond donors (Lipinski definition) is 2. The van der Waals surface area contributed by atoms with Crippen molar-refractivity contribution < 1.29 is 14.4 Å². The fraction of sp³-hybridized carbons (Fsp3) is 0.276. The zero-order valence-corrected chi connectivity index (χ0v) is 22.9. The zero-order valence-electron chi connectivity index (χ0n) is 21.3. The molecule has 3 amide bonds. The van der Waals surface area contributed by atoms with Gasteiger partial charge in [0.05, 0.1) is 11.6 Å². The first-order valence-electron chi connectivity index (χ1n) is 12.7. The highest BCUT2D eigenvalue weighted by molar-refractivity contribution is 7.99. The molecular formula is C29H30ClN5O3S. The van der Waals surface area contributed by atoms with E-state index in [4.69, 9.17) is 11.6 Å². The van der Waals surface area contributed by atoms with Gasteiger partial charge in [-0.2, -0.15) is 0 Å². The first-order valence-corrected chi connectivity index (χ1v) is 14.0. The maximum atomic E-state index is 13.1. The molecule has 0 spiro atoms. The number of benzene rings is 1. The van der Waals surface area contributed by atoms with Crippen LogP contribution in [-0.4, -0.2) is 63.5 Å². The number of nitrogens with zero attached hydrogens (tertiary/aromatic N) is 3. The quantitative estimate of drug-likeness (QED) is 0.364. The van der Waals surface area contributed by atoms with Crippen molar-refractivity contribution in [3.8, 4) is 0 Å². The van der Waals surface area contributed by atoms with Gasteiger partial charge >= 0.3 is 0 Å². The van der Waals surface area contributed by atoms with Gasteiger partial charge in [0.1, 0.15) is 6.04 Å². The van der Waals surface area contributed by atoms with E-state index in [0.29, 0.717) is 29.1 Å². The summed E-state index contributed by atoms with van der Waals surface area (Å²) < 4.78 is 0. The summed E-state index contributed by atoms with van der Waals surface area (Å²) in [6.45, 7) is 1.12. The van der Waals surface area contributed by atoms with E-state index in [1.54, 1.807) is 71.5 Å². The number of thioether (sulfide) groups is 1. The van der Waals surface area contributed by atoms with E-state index in [2.05, 4.69) is 20.6 Å². The van der Waals surface area contributed by atoms with Gasteiger partial charge in [0.25, 0.3) is 0 Å². The second-order valence-electron chi connectivity index (χ2n) is 9.06. The Hall–Kier alpha value is -3.69. The largest absolute Gasteiger partial charge is 0.345 e. The monoisotopic (exact) mass is 563 g/mol. The number of carbonyl (C=O) groups is 3. The maximum absolute atomic E-state index is 13.1. The maximum Gasteiger partial charge on any atom is 0.244 e. The number of aromatic nitrogens is 2. The minimum absolute atomic E-state index is 0.133. The molecule has 1 fully saturated rings. The predicted molar refractivity (Wildman–Crippen MR) is 153 cm³/mol. The molecule has 4 rings (SSSR count). The Morgan fingerprint density at radius 3 is 2.38 bits per heavy atom. The number of likely N-dealkylation sites (tertiary alicyclic amines) is 1. The summed E-state index contributed by atoms with van der Waals surface area (Å²) in [6.07, 6.45) is 8.33. The Labute approximate surface area is 237 Å². The molecule has 2 N–H and O–H groups in total. The Kier molecular flexibility index (Phi) is 10.5. The average molecular weight is 564 g/mol. The number of carbonyl (C=O) groups excluding carboxylic acids is 3. The lowest BCUT2D eigenvalue weighted by Crippen LogP contribution is -2.51. The lowest BCUT2D eigenvalue weighted by molar-refractivity contribution is -0.134. The topological polar surface area (TPSA) is 104 Å². The van der Waals surface area contributed by atoms with E-state index >= 15 is 0 Å². The average Bonchev–Trinajstić information content (AvgIpc) is 2.96. The van der Waals surface area contributed by atoms with Gasteiger partial charge in [0, 0.05) is 53.9 Å². The van der Waals surface area contributed by atoms with Crippen molar-refractivity contribution in [3.63, 3.8) is 0 Å². The van der Waals surface area contributed by atoms with Crippen LogP contribution in [0.25, 0.3) is 6.08 Å². The number of halogens is 1. The first kappa shape index (κ1) is 28.3. The number of rotatable bonds is 10. The first-order chi connectivity index (χ1) is 19.0. The minimum atomic E-state index is -0.893. The Bertz CT molecular complexity index is 1270. The summed E-state index contributed by atoms with van der Waals surface area (Å²) >= 11 is 7.64. The standard InChI is InChI=1S/C29H30ClN5O3S/c30-22-10-7-21(8-11-22)9-12-26(36)34-25(19-23-5-1-3-15-31-23)29(38)33-20-28(37)35-17-13-24(14-18-35)39-27-6-2-4-16-32-27/h1-12,15-16,24-25H,13-14,17-20H2,(H,33,38)(H,34,36)/t25-/m0/s1. The summed E-state index contributed by atoms with van der Waals surface area (Å²) in [5.41, 5.74) is 1.45. The highest BCUT2D eigenvalue weighted by atomic mass is 35.5. The van der Waals surface area contributed by atoms with E-state index in [1.165, 1.54) is 6.08 Å². The van der Waals surface area contributed by atoms with Gasteiger partial charge in [0.15, 0.2) is 0 Å². The molecule has 1 aromatic carbocycles. The molecule has 1 aliphatic heterocycles. The molecule has 0 saturated carbocycles. The van der Waals surface area contributed by atoms with Gasteiger partial charge in [-0.05, 0) is 60.9 Å². The second-order valence-corrected chi connectivity index (χ2v) is 10.8. The summed E-state index contributed by atoms with van der Waals surface area (Å²) in [7, 11) is 0. The van der Waals surface area contributed by atoms with Gasteiger partial charge < -0.3 is 15.5 Å². The molecule has 8 nitrogen and oxygen atoms in total. The Morgan fingerprint density at radius 2 is 1.72 bits per heavy atom. The molecule has 0 bridgehead atoms. The Balaban J connectivity index is 1.29. The van der Waals surface area contributed by atoms with Crippen molar-refractivity contribution in [1.29, 1.82) is 0 Å². The van der Waals surface area contributed by atoms with E-state index in [-0.39, 0.29) is 18.9 Å². The van der Waals surface area contributed by atoms with Gasteiger partial charge in [-0.25, -0.2) is 4.98 Å². The van der Waals surface area contributed by atoms with E-state index in [9.17, 15) is 14.4 Å². The molecule has 202 valence electrons. The lowest BCUT2D eigenvalue weighted by Gasteiger charge is -2.31. The van der Waals surface area contributed by atoms with E-state index in [1.807, 2.05) is 24.3 Å². The van der Waals surface area contributed by atoms with Crippen molar-refractivity contribution in [2.24, 2.45) is 0 Å². The molecular weight excluding hydrogens is 534 g/mol. The molecule has 0 aliphatic carbocycles. The van der Waals surface area contributed by atoms with Crippen LogP contribution in [0, 0.1) is 0 Å². The summed E-state index contributed by atoms with van der Waals surface area (Å²) in [5.74, 6) is -1.02. The van der Waals surface area contributed by atoms with Crippen molar-refractivity contribution in [1.82, 2.24) is 25.5 Å². The van der Waals surface area contributed by atoms with Crippen LogP contribution in [0.2, 0.25) is 5.02 Å². The van der Waals surface area contributed by atoms with E-state index < -0.39 is 17.9 Å². The highest BCUT2D eigenvalue weighted by Crippen LogP contribution is 2.28. The molecule has 3 heterocycles. The van der Waals surface area contributed by atoms with E-state index in [0.717, 1.165) is 23.4 Å². The number of pyridine rings is 2. The van der Waals surface area contributed by atoms with Crippen molar-refractivity contribution in [3.05, 3.63) is 95.4 Å². The van der Waals surface area contributed by atoms with Crippen molar-refractivity contribution in [2.75, 3.05) is 19.6 Å². The van der Waals surface area contributed by atoms with Crippen LogP contribution in [0.3, 0.4) is 0 Å². The van der Waals surface area contributed by atoms with Crippen LogP contribution in [0.4, 0.5) is 0 Å². The lowest BCUT2D eigenvalue weighted by atomic mass is 10.1. The van der Waals surface area contributed by atoms with Gasteiger partial charge in [0.2, 0.25) is 17.7 Å². The van der Waals surface area contributed by atoms with Crippen LogP contribution < -0.4 is 10.6 Å². The van der Waals surface area contributed by atoms with Crippen LogP contribution >= 0.6 is 23.4 Å². The SMILES string of the molecule is O=C(C=Cc1ccc(Cl)cc1)N[C@@H](Cc1ccccn1)C(=O)NCC(=O)N1CCC(Sc2ccccn2)CC1. The highest BCUT2D eigenvalue weighted by Gasteiger charge is 2.26. The summed E-state index contributed by atoms with van der Waals surface area (Å²) in [6, 6.07) is 17.4. The third-order valence-corrected chi connectivity index (χ3v) is 7.74. The van der Waals surface area contributed by atoms with Gasteiger partial charge in [-0.1, -0.05) is 35.9 Å². The number of piperidine rings is 1. The van der Waals surface area contributed by atoms with Crippen LogP contribution in [0.5, 0.6) is 0 Å². The molecule has 0 unspecified atom stereocenters. The zero-order chi connectivity index (χ0) is 27.5. The van der Waals surface area contributed by atoms with Crippen LogP contribution in [0.1, 0.15) is 24.1 Å². The molecule has 39 heavy (non-hydrogen) atoms. The molecule has 1 atom stereocenters. The fourth-order valence-corrected chi connectivity index (χ4v) is 5.30. The third kappa shape index (κ3) is 9.23. The molecule has 10 heteroatoms. The number of nitrogens with one attached hydrogen (secondary N) is 2.